The summed E-state index contributed by atoms with van der Waals surface area (Å²) in [6.45, 7) is 1.47. The lowest BCUT2D eigenvalue weighted by Gasteiger charge is -2.34. The molecule has 6 heteroatoms. The van der Waals surface area contributed by atoms with Crippen molar-refractivity contribution < 1.29 is 9.53 Å². The number of nitrogens with two attached hydrogens (primary N) is 1. The van der Waals surface area contributed by atoms with E-state index in [4.69, 9.17) is 10.5 Å². The van der Waals surface area contributed by atoms with Gasteiger partial charge in [-0.25, -0.2) is 0 Å². The van der Waals surface area contributed by atoms with Crippen LogP contribution in [0.15, 0.2) is 0 Å². The molecule has 3 rings (SSSR count). The van der Waals surface area contributed by atoms with Gasteiger partial charge in [0.25, 0.3) is 0 Å². The molecular weight excluding hydrogens is 328 g/mol. The number of hydrogen-bond donors (Lipinski definition) is 1. The molecule has 0 radical (unpaired) electrons. The molecule has 1 spiro atoms. The lowest BCUT2D eigenvalue weighted by molar-refractivity contribution is -0.135. The Bertz CT molecular complexity index is 409. The number of nitrogens with zero attached hydrogens (tertiary/aromatic N) is 1. The summed E-state index contributed by atoms with van der Waals surface area (Å²) in [5.74, 6) is 2.97. The van der Waals surface area contributed by atoms with Crippen molar-refractivity contribution in [1.82, 2.24) is 4.90 Å². The van der Waals surface area contributed by atoms with E-state index in [-0.39, 0.29) is 22.1 Å². The second-order valence-corrected chi connectivity index (χ2v) is 10.4. The van der Waals surface area contributed by atoms with Crippen LogP contribution in [0.5, 0.6) is 0 Å². The van der Waals surface area contributed by atoms with Gasteiger partial charge in [-0.05, 0) is 43.1 Å². The number of ether oxygens (including phenoxy) is 1. The maximum absolute atomic E-state index is 13.1. The monoisotopic (exact) mass is 358 g/mol. The van der Waals surface area contributed by atoms with Crippen LogP contribution < -0.4 is 5.73 Å². The third-order valence-corrected chi connectivity index (χ3v) is 8.84. The SMILES string of the molecule is COC[C@@H]1CC2(CN1C(=O)C(N)C1CCCCC1)SCCCS2. The molecule has 0 aromatic rings. The van der Waals surface area contributed by atoms with E-state index in [9.17, 15) is 4.79 Å². The van der Waals surface area contributed by atoms with Gasteiger partial charge in [-0.1, -0.05) is 19.3 Å². The van der Waals surface area contributed by atoms with Crippen molar-refractivity contribution in [3.8, 4) is 0 Å². The summed E-state index contributed by atoms with van der Waals surface area (Å²) in [5.41, 5.74) is 6.40. The first-order valence-electron chi connectivity index (χ1n) is 8.98. The van der Waals surface area contributed by atoms with Gasteiger partial charge in [-0.2, -0.15) is 0 Å². The van der Waals surface area contributed by atoms with Crippen LogP contribution in [0.1, 0.15) is 44.9 Å². The number of carbonyl (C=O) groups excluding carboxylic acids is 1. The largest absolute Gasteiger partial charge is 0.383 e. The maximum atomic E-state index is 13.1. The van der Waals surface area contributed by atoms with Crippen molar-refractivity contribution in [3.05, 3.63) is 0 Å². The van der Waals surface area contributed by atoms with Crippen LogP contribution in [0, 0.1) is 5.92 Å². The highest BCUT2D eigenvalue weighted by Crippen LogP contribution is 2.50. The maximum Gasteiger partial charge on any atom is 0.240 e. The zero-order valence-electron chi connectivity index (χ0n) is 14.2. The Hall–Kier alpha value is 0.0900. The fourth-order valence-corrected chi connectivity index (χ4v) is 7.65. The molecule has 2 aliphatic heterocycles. The normalized spacial score (nSPS) is 29.8. The minimum atomic E-state index is -0.316. The molecule has 1 saturated carbocycles. The summed E-state index contributed by atoms with van der Waals surface area (Å²) in [7, 11) is 1.73. The summed E-state index contributed by atoms with van der Waals surface area (Å²) in [4.78, 5) is 15.1. The Kier molecular flexibility index (Phi) is 6.21. The molecule has 3 fully saturated rings. The minimum absolute atomic E-state index is 0.169. The number of likely N-dealkylation sites (tertiary alicyclic amines) is 1. The summed E-state index contributed by atoms with van der Waals surface area (Å²) < 4.78 is 5.60. The minimum Gasteiger partial charge on any atom is -0.383 e. The summed E-state index contributed by atoms with van der Waals surface area (Å²) in [6, 6.07) is -0.122. The summed E-state index contributed by atoms with van der Waals surface area (Å²) in [5, 5.41) is 0. The van der Waals surface area contributed by atoms with Crippen LogP contribution in [0.25, 0.3) is 0 Å². The van der Waals surface area contributed by atoms with Gasteiger partial charge in [-0.3, -0.25) is 4.79 Å². The van der Waals surface area contributed by atoms with E-state index in [2.05, 4.69) is 4.90 Å². The molecule has 0 aromatic carbocycles. The molecule has 4 nitrogen and oxygen atoms in total. The third kappa shape index (κ3) is 4.02. The lowest BCUT2D eigenvalue weighted by Crippen LogP contribution is -2.51. The first kappa shape index (κ1) is 17.9. The molecule has 3 aliphatic rings. The molecular formula is C17H30N2O2S2. The van der Waals surface area contributed by atoms with Gasteiger partial charge in [0.1, 0.15) is 0 Å². The van der Waals surface area contributed by atoms with Crippen molar-refractivity contribution in [3.63, 3.8) is 0 Å². The van der Waals surface area contributed by atoms with Gasteiger partial charge in [0, 0.05) is 13.7 Å². The van der Waals surface area contributed by atoms with Crippen molar-refractivity contribution >= 4 is 29.4 Å². The number of amides is 1. The first-order valence-corrected chi connectivity index (χ1v) is 11.0. The highest BCUT2D eigenvalue weighted by Gasteiger charge is 2.48. The number of hydrogen-bond acceptors (Lipinski definition) is 5. The van der Waals surface area contributed by atoms with Crippen LogP contribution in [0.3, 0.4) is 0 Å². The predicted octanol–water partition coefficient (Wildman–Crippen LogP) is 2.71. The second kappa shape index (κ2) is 7.98. The number of thioether (sulfide) groups is 2. The zero-order chi connectivity index (χ0) is 16.3. The average molecular weight is 359 g/mol. The standard InChI is InChI=1S/C17H30N2O2S2/c1-21-11-14-10-17(22-8-5-9-23-17)12-19(14)16(20)15(18)13-6-3-2-4-7-13/h13-15H,2-12,18H2,1H3/t14-,15?/m0/s1. The van der Waals surface area contributed by atoms with Gasteiger partial charge < -0.3 is 15.4 Å². The Morgan fingerprint density at radius 1 is 1.26 bits per heavy atom. The molecule has 1 aliphatic carbocycles. The smallest absolute Gasteiger partial charge is 0.240 e. The zero-order valence-corrected chi connectivity index (χ0v) is 15.8. The highest BCUT2D eigenvalue weighted by atomic mass is 32.2. The van der Waals surface area contributed by atoms with E-state index in [1.807, 2.05) is 23.5 Å². The van der Waals surface area contributed by atoms with Gasteiger partial charge in [-0.15, -0.1) is 23.5 Å². The van der Waals surface area contributed by atoms with Gasteiger partial charge >= 0.3 is 0 Å². The Labute approximate surface area is 148 Å². The average Bonchev–Trinajstić information content (AvgIpc) is 2.93. The van der Waals surface area contributed by atoms with Crippen LogP contribution >= 0.6 is 23.5 Å². The molecule has 2 heterocycles. The molecule has 1 unspecified atom stereocenters. The number of methoxy groups -OCH3 is 1. The van der Waals surface area contributed by atoms with E-state index < -0.39 is 0 Å². The second-order valence-electron chi connectivity index (χ2n) is 7.16. The van der Waals surface area contributed by atoms with Gasteiger partial charge in [0.05, 0.1) is 22.8 Å². The Morgan fingerprint density at radius 3 is 2.61 bits per heavy atom. The van der Waals surface area contributed by atoms with E-state index in [0.29, 0.717) is 12.5 Å². The molecule has 0 aromatic heterocycles. The molecule has 132 valence electrons. The summed E-state index contributed by atoms with van der Waals surface area (Å²) >= 11 is 4.09. The quantitative estimate of drug-likeness (QED) is 0.837. The predicted molar refractivity (Wildman–Crippen MR) is 98.8 cm³/mol. The third-order valence-electron chi connectivity index (χ3n) is 5.50. The van der Waals surface area contributed by atoms with Crippen molar-refractivity contribution in [2.24, 2.45) is 11.7 Å². The topological polar surface area (TPSA) is 55.6 Å². The van der Waals surface area contributed by atoms with Crippen molar-refractivity contribution in [1.29, 1.82) is 0 Å². The van der Waals surface area contributed by atoms with E-state index in [1.54, 1.807) is 7.11 Å². The van der Waals surface area contributed by atoms with E-state index in [0.717, 1.165) is 25.8 Å². The highest BCUT2D eigenvalue weighted by molar-refractivity contribution is 8.18. The molecule has 1 amide bonds. The van der Waals surface area contributed by atoms with Crippen molar-refractivity contribution in [2.75, 3.05) is 31.8 Å². The number of rotatable bonds is 4. The van der Waals surface area contributed by atoms with Crippen LogP contribution in [-0.4, -0.2) is 58.7 Å². The van der Waals surface area contributed by atoms with Crippen LogP contribution in [0.2, 0.25) is 0 Å². The number of carbonyl (C=O) groups is 1. The van der Waals surface area contributed by atoms with Gasteiger partial charge in [0.15, 0.2) is 0 Å². The fourth-order valence-electron chi connectivity index (χ4n) is 4.23. The van der Waals surface area contributed by atoms with E-state index in [1.165, 1.54) is 37.2 Å². The van der Waals surface area contributed by atoms with Crippen LogP contribution in [-0.2, 0) is 9.53 Å². The lowest BCUT2D eigenvalue weighted by atomic mass is 9.83. The van der Waals surface area contributed by atoms with Crippen molar-refractivity contribution in [2.45, 2.75) is 61.1 Å². The molecule has 23 heavy (non-hydrogen) atoms. The Balaban J connectivity index is 1.68. The fraction of sp³-hybridized carbons (Fsp3) is 0.941. The summed E-state index contributed by atoms with van der Waals surface area (Å²) in [6.07, 6.45) is 8.30. The van der Waals surface area contributed by atoms with E-state index >= 15 is 0 Å². The first-order chi connectivity index (χ1) is 11.2. The van der Waals surface area contributed by atoms with Crippen LogP contribution in [0.4, 0.5) is 0 Å². The molecule has 2 atom stereocenters. The van der Waals surface area contributed by atoms with Gasteiger partial charge in [0.2, 0.25) is 5.91 Å². The molecule has 2 saturated heterocycles. The molecule has 2 N–H and O–H groups in total. The Morgan fingerprint density at radius 2 is 1.96 bits per heavy atom. The molecule has 0 bridgehead atoms.